The second-order valence-electron chi connectivity index (χ2n) is 5.60. The fourth-order valence-corrected chi connectivity index (χ4v) is 3.38. The van der Waals surface area contributed by atoms with Crippen LogP contribution in [0.15, 0.2) is 71.8 Å². The van der Waals surface area contributed by atoms with E-state index in [1.807, 2.05) is 30.3 Å². The molecule has 0 unspecified atom stereocenters. The normalized spacial score (nSPS) is 11.2. The van der Waals surface area contributed by atoms with Gasteiger partial charge in [0.25, 0.3) is 5.91 Å². The zero-order valence-electron chi connectivity index (χ0n) is 13.8. The van der Waals surface area contributed by atoms with Crippen molar-refractivity contribution in [1.82, 2.24) is 20.2 Å². The molecule has 1 aromatic heterocycles. The van der Waals surface area contributed by atoms with E-state index in [0.717, 1.165) is 5.56 Å². The first-order chi connectivity index (χ1) is 12.5. The second-order valence-corrected chi connectivity index (χ2v) is 7.37. The van der Waals surface area contributed by atoms with E-state index in [-0.39, 0.29) is 22.9 Å². The predicted molar refractivity (Wildman–Crippen MR) is 96.7 cm³/mol. The van der Waals surface area contributed by atoms with E-state index in [9.17, 15) is 13.2 Å². The van der Waals surface area contributed by atoms with E-state index in [1.165, 1.54) is 12.1 Å². The number of sulfonamides is 1. The minimum absolute atomic E-state index is 0.0318. The predicted octanol–water partition coefficient (Wildman–Crippen LogP) is 1.82. The van der Waals surface area contributed by atoms with E-state index in [0.29, 0.717) is 12.2 Å². The van der Waals surface area contributed by atoms with Gasteiger partial charge < -0.3 is 5.32 Å². The molecule has 1 heterocycles. The van der Waals surface area contributed by atoms with E-state index >= 15 is 0 Å². The molecule has 7 nitrogen and oxygen atoms in total. The van der Waals surface area contributed by atoms with Gasteiger partial charge in [0.2, 0.25) is 10.0 Å². The molecule has 0 saturated heterocycles. The second kappa shape index (κ2) is 7.94. The van der Waals surface area contributed by atoms with Crippen molar-refractivity contribution in [2.45, 2.75) is 18.0 Å². The van der Waals surface area contributed by atoms with E-state index in [4.69, 9.17) is 0 Å². The highest BCUT2D eigenvalue weighted by Gasteiger charge is 2.16. The number of amides is 1. The average molecular weight is 370 g/mol. The molecule has 1 amide bonds. The van der Waals surface area contributed by atoms with Crippen LogP contribution in [0, 0.1) is 0 Å². The van der Waals surface area contributed by atoms with Crippen LogP contribution in [0.1, 0.15) is 21.6 Å². The topological polar surface area (TPSA) is 104 Å². The first-order valence-electron chi connectivity index (χ1n) is 7.95. The molecule has 0 aliphatic carbocycles. The lowest BCUT2D eigenvalue weighted by atomic mass is 10.2. The fourth-order valence-electron chi connectivity index (χ4n) is 2.32. The average Bonchev–Trinajstić information content (AvgIpc) is 3.19. The summed E-state index contributed by atoms with van der Waals surface area (Å²) in [6, 6.07) is 17.1. The van der Waals surface area contributed by atoms with Crippen LogP contribution < -0.4 is 10.0 Å². The zero-order chi connectivity index (χ0) is 18.4. The van der Waals surface area contributed by atoms with Crippen LogP contribution in [0.4, 0.5) is 0 Å². The summed E-state index contributed by atoms with van der Waals surface area (Å²) >= 11 is 0. The third-order valence-corrected chi connectivity index (χ3v) is 5.11. The maximum Gasteiger partial charge on any atom is 0.251 e. The van der Waals surface area contributed by atoms with Crippen LogP contribution in [0.2, 0.25) is 0 Å². The third kappa shape index (κ3) is 4.56. The molecule has 0 radical (unpaired) electrons. The molecule has 134 valence electrons. The number of nitrogens with one attached hydrogen (secondary N) is 3. The third-order valence-electron chi connectivity index (χ3n) is 3.71. The van der Waals surface area contributed by atoms with Gasteiger partial charge in [0.15, 0.2) is 0 Å². The Morgan fingerprint density at radius 1 is 1.00 bits per heavy atom. The van der Waals surface area contributed by atoms with Crippen molar-refractivity contribution in [1.29, 1.82) is 0 Å². The summed E-state index contributed by atoms with van der Waals surface area (Å²) in [7, 11) is -3.74. The van der Waals surface area contributed by atoms with Gasteiger partial charge in [-0.05, 0) is 29.8 Å². The number of benzene rings is 2. The van der Waals surface area contributed by atoms with Crippen LogP contribution >= 0.6 is 0 Å². The quantitative estimate of drug-likeness (QED) is 0.590. The number of nitrogens with zero attached hydrogens (tertiary/aromatic N) is 1. The highest BCUT2D eigenvalue weighted by atomic mass is 32.2. The van der Waals surface area contributed by atoms with Gasteiger partial charge in [0.05, 0.1) is 17.1 Å². The minimum Gasteiger partial charge on any atom is -0.348 e. The number of hydrogen-bond donors (Lipinski definition) is 3. The molecule has 0 atom stereocenters. The summed E-state index contributed by atoms with van der Waals surface area (Å²) < 4.78 is 27.3. The highest BCUT2D eigenvalue weighted by molar-refractivity contribution is 7.89. The molecule has 2 aromatic carbocycles. The summed E-state index contributed by atoms with van der Waals surface area (Å²) in [6.07, 6.45) is 1.54. The van der Waals surface area contributed by atoms with Gasteiger partial charge >= 0.3 is 0 Å². The Bertz CT molecular complexity index is 971. The van der Waals surface area contributed by atoms with Crippen molar-refractivity contribution in [3.8, 4) is 0 Å². The maximum absolute atomic E-state index is 12.4. The van der Waals surface area contributed by atoms with Crippen molar-refractivity contribution in [3.63, 3.8) is 0 Å². The van der Waals surface area contributed by atoms with Crippen LogP contribution in [0.5, 0.6) is 0 Å². The van der Waals surface area contributed by atoms with Gasteiger partial charge in [0, 0.05) is 18.3 Å². The first kappa shape index (κ1) is 17.8. The maximum atomic E-state index is 12.4. The van der Waals surface area contributed by atoms with E-state index in [1.54, 1.807) is 24.4 Å². The van der Waals surface area contributed by atoms with E-state index in [2.05, 4.69) is 20.2 Å². The summed E-state index contributed by atoms with van der Waals surface area (Å²) in [5.74, 6) is -0.334. The first-order valence-corrected chi connectivity index (χ1v) is 9.43. The van der Waals surface area contributed by atoms with Gasteiger partial charge in [-0.1, -0.05) is 36.4 Å². The van der Waals surface area contributed by atoms with Gasteiger partial charge in [-0.25, -0.2) is 13.1 Å². The smallest absolute Gasteiger partial charge is 0.251 e. The Labute approximate surface area is 151 Å². The van der Waals surface area contributed by atoms with Gasteiger partial charge in [-0.3, -0.25) is 9.89 Å². The summed E-state index contributed by atoms with van der Waals surface area (Å²) in [5, 5.41) is 9.23. The number of carbonyl (C=O) groups excluding carboxylic acids is 1. The molecule has 26 heavy (non-hydrogen) atoms. The molecular formula is C18H18N4O3S. The van der Waals surface area contributed by atoms with E-state index < -0.39 is 10.0 Å². The molecule has 3 N–H and O–H groups in total. The standard InChI is InChI=1S/C18H18N4O3S/c23-18(19-12-14-5-2-1-3-6-14)15-7-4-8-17(11-15)26(24,25)21-13-16-9-10-20-22-16/h1-11,21H,12-13H2,(H,19,23)(H,20,22). The monoisotopic (exact) mass is 370 g/mol. The van der Waals surface area contributed by atoms with Crippen molar-refractivity contribution < 1.29 is 13.2 Å². The van der Waals surface area contributed by atoms with Crippen molar-refractivity contribution >= 4 is 15.9 Å². The van der Waals surface area contributed by atoms with Crippen LogP contribution in [0.3, 0.4) is 0 Å². The number of rotatable bonds is 7. The van der Waals surface area contributed by atoms with Crippen molar-refractivity contribution in [2.75, 3.05) is 0 Å². The summed E-state index contributed by atoms with van der Waals surface area (Å²) in [6.45, 7) is 0.460. The Morgan fingerprint density at radius 2 is 1.81 bits per heavy atom. The molecule has 0 fully saturated rings. The molecule has 0 spiro atoms. The number of hydrogen-bond acceptors (Lipinski definition) is 4. The molecule has 8 heteroatoms. The highest BCUT2D eigenvalue weighted by Crippen LogP contribution is 2.12. The number of H-pyrrole nitrogens is 1. The molecule has 0 aliphatic rings. The Hall–Kier alpha value is -2.97. The summed E-state index contributed by atoms with van der Waals surface area (Å²) in [5.41, 5.74) is 1.89. The number of aromatic nitrogens is 2. The lowest BCUT2D eigenvalue weighted by Crippen LogP contribution is -2.25. The number of aromatic amines is 1. The SMILES string of the molecule is O=C(NCc1ccccc1)c1cccc(S(=O)(=O)NCc2ccn[nH]2)c1. The van der Waals surface area contributed by atoms with Crippen LogP contribution in [0.25, 0.3) is 0 Å². The minimum atomic E-state index is -3.74. The lowest BCUT2D eigenvalue weighted by Gasteiger charge is -2.09. The fraction of sp³-hybridized carbons (Fsp3) is 0.111. The molecule has 3 rings (SSSR count). The summed E-state index contributed by atoms with van der Waals surface area (Å²) in [4.78, 5) is 12.3. The molecule has 0 aliphatic heterocycles. The Balaban J connectivity index is 1.67. The Morgan fingerprint density at radius 3 is 2.54 bits per heavy atom. The molecular weight excluding hydrogens is 352 g/mol. The molecule has 3 aromatic rings. The Kier molecular flexibility index (Phi) is 5.45. The largest absolute Gasteiger partial charge is 0.348 e. The molecule has 0 saturated carbocycles. The van der Waals surface area contributed by atoms with Crippen molar-refractivity contribution in [2.24, 2.45) is 0 Å². The van der Waals surface area contributed by atoms with Crippen LogP contribution in [-0.2, 0) is 23.1 Å². The van der Waals surface area contributed by atoms with Crippen molar-refractivity contribution in [3.05, 3.63) is 83.7 Å². The van der Waals surface area contributed by atoms with Gasteiger partial charge in [-0.2, -0.15) is 5.10 Å². The van der Waals surface area contributed by atoms with Gasteiger partial charge in [-0.15, -0.1) is 0 Å². The number of carbonyl (C=O) groups is 1. The zero-order valence-corrected chi connectivity index (χ0v) is 14.7. The van der Waals surface area contributed by atoms with Gasteiger partial charge in [0.1, 0.15) is 0 Å². The molecule has 0 bridgehead atoms. The van der Waals surface area contributed by atoms with Crippen LogP contribution in [-0.4, -0.2) is 24.5 Å². The lowest BCUT2D eigenvalue weighted by molar-refractivity contribution is 0.0950.